The maximum atomic E-state index is 10.5. The Morgan fingerprint density at radius 3 is 2.63 bits per heavy atom. The fourth-order valence-electron chi connectivity index (χ4n) is 4.17. The molecule has 0 aromatic heterocycles. The summed E-state index contributed by atoms with van der Waals surface area (Å²) >= 11 is 13.2. The SMILES string of the molecule is [2H]C1C(OC2C(C(C)(C)C)CCCC2(C)C)=C(c2ccc(Cl)c(Cl)c2)SC1([2H])O. The van der Waals surface area contributed by atoms with Gasteiger partial charge < -0.3 is 9.84 Å². The second-order valence-electron chi connectivity index (χ2n) is 9.30. The molecule has 1 N–H and O–H groups in total. The Kier molecular flexibility index (Phi) is 5.40. The fourth-order valence-corrected chi connectivity index (χ4v) is 5.30. The van der Waals surface area contributed by atoms with Gasteiger partial charge in [-0.05, 0) is 36.0 Å². The Balaban J connectivity index is 2.06. The molecule has 0 spiro atoms. The van der Waals surface area contributed by atoms with Crippen molar-refractivity contribution >= 4 is 39.9 Å². The molecule has 0 amide bonds. The van der Waals surface area contributed by atoms with Crippen molar-refractivity contribution in [1.82, 2.24) is 0 Å². The van der Waals surface area contributed by atoms with Gasteiger partial charge in [0.1, 0.15) is 17.3 Å². The van der Waals surface area contributed by atoms with Crippen molar-refractivity contribution in [2.45, 2.75) is 71.8 Å². The van der Waals surface area contributed by atoms with Gasteiger partial charge in [0.25, 0.3) is 0 Å². The summed E-state index contributed by atoms with van der Waals surface area (Å²) in [5.74, 6) is 0.672. The standard InChI is InChI=1S/C22H30Cl2O2S/c1-21(2,3)14-7-6-10-22(4,5)20(14)26-17-12-18(25)27-19(17)13-8-9-15(23)16(24)11-13/h8-9,11,14,18,20,25H,6-7,10,12H2,1-5H3/i12D,18D. The van der Waals surface area contributed by atoms with E-state index in [0.717, 1.165) is 31.0 Å². The van der Waals surface area contributed by atoms with E-state index in [0.29, 0.717) is 32.2 Å². The van der Waals surface area contributed by atoms with Crippen molar-refractivity contribution in [3.8, 4) is 0 Å². The Morgan fingerprint density at radius 1 is 1.30 bits per heavy atom. The average Bonchev–Trinajstić information content (AvgIpc) is 2.81. The van der Waals surface area contributed by atoms with Crippen LogP contribution in [0.3, 0.4) is 0 Å². The minimum Gasteiger partial charge on any atom is -0.493 e. The summed E-state index contributed by atoms with van der Waals surface area (Å²) in [5.41, 5.74) is -1.32. The second-order valence-corrected chi connectivity index (χ2v) is 11.1. The van der Waals surface area contributed by atoms with Crippen LogP contribution < -0.4 is 0 Å². The summed E-state index contributed by atoms with van der Waals surface area (Å²) in [6, 6.07) is 5.19. The predicted octanol–water partition coefficient (Wildman–Crippen LogP) is 7.37. The number of hydrogen-bond donors (Lipinski definition) is 1. The molecular weight excluding hydrogens is 399 g/mol. The second kappa shape index (κ2) is 7.82. The molecule has 1 heterocycles. The van der Waals surface area contributed by atoms with Crippen LogP contribution in [0.5, 0.6) is 0 Å². The van der Waals surface area contributed by atoms with Gasteiger partial charge in [0.15, 0.2) is 0 Å². The monoisotopic (exact) mass is 430 g/mol. The third-order valence-corrected chi connectivity index (χ3v) is 7.41. The normalized spacial score (nSPS) is 35.0. The minimum atomic E-state index is -2.01. The first-order valence-corrected chi connectivity index (χ1v) is 11.0. The van der Waals surface area contributed by atoms with Gasteiger partial charge in [-0.1, -0.05) is 82.1 Å². The predicted molar refractivity (Wildman–Crippen MR) is 117 cm³/mol. The molecule has 1 saturated carbocycles. The quantitative estimate of drug-likeness (QED) is 0.542. The topological polar surface area (TPSA) is 29.5 Å². The van der Waals surface area contributed by atoms with Crippen molar-refractivity contribution in [3.05, 3.63) is 39.6 Å². The molecule has 1 aromatic rings. The summed E-state index contributed by atoms with van der Waals surface area (Å²) in [6.45, 7) is 11.1. The van der Waals surface area contributed by atoms with Gasteiger partial charge in [-0.3, -0.25) is 0 Å². The lowest BCUT2D eigenvalue weighted by molar-refractivity contribution is -0.0899. The molecule has 1 aliphatic carbocycles. The van der Waals surface area contributed by atoms with E-state index in [1.165, 1.54) is 0 Å². The fraction of sp³-hybridized carbons (Fsp3) is 0.636. The zero-order valence-electron chi connectivity index (χ0n) is 18.6. The van der Waals surface area contributed by atoms with Gasteiger partial charge in [-0.2, -0.15) is 0 Å². The van der Waals surface area contributed by atoms with E-state index in [1.807, 2.05) is 0 Å². The molecule has 27 heavy (non-hydrogen) atoms. The number of ether oxygens (including phenoxy) is 1. The van der Waals surface area contributed by atoms with E-state index in [1.54, 1.807) is 18.2 Å². The smallest absolute Gasteiger partial charge is 0.114 e. The molecule has 5 heteroatoms. The molecule has 1 aromatic carbocycles. The van der Waals surface area contributed by atoms with Crippen molar-refractivity contribution in [2.75, 3.05) is 0 Å². The van der Waals surface area contributed by atoms with Crippen LogP contribution in [0.1, 0.15) is 68.6 Å². The molecule has 0 radical (unpaired) electrons. The average molecular weight is 431 g/mol. The highest BCUT2D eigenvalue weighted by atomic mass is 35.5. The van der Waals surface area contributed by atoms with Gasteiger partial charge >= 0.3 is 0 Å². The lowest BCUT2D eigenvalue weighted by atomic mass is 9.62. The number of thioether (sulfide) groups is 1. The summed E-state index contributed by atoms with van der Waals surface area (Å²) in [4.78, 5) is 0.593. The van der Waals surface area contributed by atoms with E-state index < -0.39 is 11.8 Å². The zero-order chi connectivity index (χ0) is 21.8. The van der Waals surface area contributed by atoms with E-state index in [9.17, 15) is 5.11 Å². The van der Waals surface area contributed by atoms with Crippen molar-refractivity contribution in [3.63, 3.8) is 0 Å². The highest BCUT2D eigenvalue weighted by Gasteiger charge is 2.46. The molecule has 150 valence electrons. The van der Waals surface area contributed by atoms with Gasteiger partial charge in [0.05, 0.1) is 16.3 Å². The third-order valence-electron chi connectivity index (χ3n) is 5.71. The van der Waals surface area contributed by atoms with Crippen LogP contribution in [0.2, 0.25) is 10.0 Å². The molecular formula is C22H30Cl2O2S. The van der Waals surface area contributed by atoms with Gasteiger partial charge in [-0.25, -0.2) is 0 Å². The first-order chi connectivity index (χ1) is 13.2. The Bertz CT molecular complexity index is 818. The Morgan fingerprint density at radius 2 is 2.00 bits per heavy atom. The van der Waals surface area contributed by atoms with Crippen LogP contribution >= 0.6 is 35.0 Å². The van der Waals surface area contributed by atoms with Crippen LogP contribution in [0.25, 0.3) is 4.91 Å². The van der Waals surface area contributed by atoms with Gasteiger partial charge in [0.2, 0.25) is 0 Å². The van der Waals surface area contributed by atoms with Gasteiger partial charge in [-0.15, -0.1) is 0 Å². The highest BCUT2D eigenvalue weighted by Crippen LogP contribution is 2.51. The molecule has 2 nitrogen and oxygen atoms in total. The van der Waals surface area contributed by atoms with Crippen LogP contribution in [-0.4, -0.2) is 16.6 Å². The summed E-state index contributed by atoms with van der Waals surface area (Å²) < 4.78 is 23.4. The largest absolute Gasteiger partial charge is 0.493 e. The molecule has 0 saturated heterocycles. The summed E-state index contributed by atoms with van der Waals surface area (Å²) in [7, 11) is 0. The molecule has 4 unspecified atom stereocenters. The maximum absolute atomic E-state index is 10.5. The minimum absolute atomic E-state index is 0.0488. The first kappa shape index (κ1) is 18.7. The lowest BCUT2D eigenvalue weighted by Gasteiger charge is -2.49. The van der Waals surface area contributed by atoms with Crippen LogP contribution in [0, 0.1) is 16.7 Å². The molecule has 1 fully saturated rings. The molecule has 1 aliphatic heterocycles. The maximum Gasteiger partial charge on any atom is 0.114 e. The van der Waals surface area contributed by atoms with E-state index in [2.05, 4.69) is 34.6 Å². The van der Waals surface area contributed by atoms with Crippen LogP contribution in [0.4, 0.5) is 0 Å². The van der Waals surface area contributed by atoms with E-state index in [4.69, 9.17) is 30.7 Å². The van der Waals surface area contributed by atoms with Crippen LogP contribution in [-0.2, 0) is 4.74 Å². The van der Waals surface area contributed by atoms with Crippen LogP contribution in [0.15, 0.2) is 24.0 Å². The van der Waals surface area contributed by atoms with Gasteiger partial charge in [0, 0.05) is 19.1 Å². The summed E-state index contributed by atoms with van der Waals surface area (Å²) in [5, 5.41) is 11.4. The number of benzene rings is 1. The van der Waals surface area contributed by atoms with E-state index in [-0.39, 0.29) is 16.9 Å². The molecule has 2 aliphatic rings. The zero-order valence-corrected chi connectivity index (χ0v) is 18.9. The number of aliphatic hydroxyl groups is 1. The summed E-state index contributed by atoms with van der Waals surface area (Å²) in [6.07, 6.45) is 1.95. The third kappa shape index (κ3) is 4.63. The molecule has 4 atom stereocenters. The van der Waals surface area contributed by atoms with Crippen molar-refractivity contribution in [2.24, 2.45) is 16.7 Å². The number of rotatable bonds is 3. The van der Waals surface area contributed by atoms with Crippen molar-refractivity contribution in [1.29, 1.82) is 0 Å². The van der Waals surface area contributed by atoms with Crippen molar-refractivity contribution < 1.29 is 12.6 Å². The highest BCUT2D eigenvalue weighted by molar-refractivity contribution is 8.09. The Labute approximate surface area is 180 Å². The van der Waals surface area contributed by atoms with E-state index >= 15 is 0 Å². The Hall–Kier alpha value is -0.350. The first-order valence-electron chi connectivity index (χ1n) is 10.5. The number of hydrogen-bond acceptors (Lipinski definition) is 3. The molecule has 0 bridgehead atoms. The molecule has 3 rings (SSSR count). The lowest BCUT2D eigenvalue weighted by Crippen LogP contribution is -2.46. The number of halogens is 2.